The topological polar surface area (TPSA) is 48.9 Å². The first kappa shape index (κ1) is 17.8. The average Bonchev–Trinajstić information content (AvgIpc) is 3.07. The second kappa shape index (κ2) is 9.55. The molecule has 0 aliphatic carbocycles. The second-order valence-corrected chi connectivity index (χ2v) is 6.66. The third-order valence-electron chi connectivity index (χ3n) is 4.08. The summed E-state index contributed by atoms with van der Waals surface area (Å²) in [6.45, 7) is 4.07. The molecule has 1 aliphatic heterocycles. The summed E-state index contributed by atoms with van der Waals surface area (Å²) in [7, 11) is 3.54. The van der Waals surface area contributed by atoms with E-state index in [1.54, 1.807) is 7.11 Å². The Labute approximate surface area is 143 Å². The average molecular weight is 337 g/mol. The van der Waals surface area contributed by atoms with Crippen LogP contribution in [0.2, 0.25) is 0 Å². The van der Waals surface area contributed by atoms with E-state index in [4.69, 9.17) is 4.74 Å². The highest BCUT2D eigenvalue weighted by molar-refractivity contribution is 7.98. The molecule has 5 nitrogen and oxygen atoms in total. The molecular weight excluding hydrogens is 308 g/mol. The molecule has 1 saturated heterocycles. The lowest BCUT2D eigenvalue weighted by molar-refractivity contribution is 0.415. The standard InChI is InChI=1S/C17H28N4OS/c1-18-17(19-8-10-23-3)20-12-14-7-9-21(13-14)15-5-4-6-16(11-15)22-2/h4-6,11,14H,7-10,12-13H2,1-3H3,(H2,18,19,20). The van der Waals surface area contributed by atoms with Crippen molar-refractivity contribution < 1.29 is 4.74 Å². The zero-order chi connectivity index (χ0) is 16.5. The van der Waals surface area contributed by atoms with Gasteiger partial charge in [-0.15, -0.1) is 0 Å². The molecule has 1 fully saturated rings. The van der Waals surface area contributed by atoms with E-state index in [0.717, 1.165) is 43.6 Å². The molecule has 1 heterocycles. The number of rotatable bonds is 7. The maximum Gasteiger partial charge on any atom is 0.191 e. The van der Waals surface area contributed by atoms with Gasteiger partial charge in [-0.05, 0) is 30.7 Å². The SMILES string of the molecule is CN=C(NCCSC)NCC1CCN(c2cccc(OC)c2)C1. The number of nitrogens with zero attached hydrogens (tertiary/aromatic N) is 2. The van der Waals surface area contributed by atoms with E-state index in [-0.39, 0.29) is 0 Å². The largest absolute Gasteiger partial charge is 0.497 e. The van der Waals surface area contributed by atoms with Crippen LogP contribution in [0.4, 0.5) is 5.69 Å². The minimum atomic E-state index is 0.639. The molecule has 1 aromatic rings. The molecule has 0 spiro atoms. The zero-order valence-corrected chi connectivity index (χ0v) is 15.2. The number of thioether (sulfide) groups is 1. The summed E-state index contributed by atoms with van der Waals surface area (Å²) < 4.78 is 5.32. The van der Waals surface area contributed by atoms with Gasteiger partial charge in [-0.3, -0.25) is 4.99 Å². The van der Waals surface area contributed by atoms with Crippen LogP contribution in [0.5, 0.6) is 5.75 Å². The molecular formula is C17H28N4OS. The van der Waals surface area contributed by atoms with Crippen LogP contribution in [0.25, 0.3) is 0 Å². The van der Waals surface area contributed by atoms with Gasteiger partial charge in [-0.2, -0.15) is 11.8 Å². The fourth-order valence-corrected chi connectivity index (χ4v) is 3.08. The predicted octanol–water partition coefficient (Wildman–Crippen LogP) is 2.05. The number of methoxy groups -OCH3 is 1. The maximum atomic E-state index is 5.32. The second-order valence-electron chi connectivity index (χ2n) is 5.67. The van der Waals surface area contributed by atoms with Crippen LogP contribution in [0.1, 0.15) is 6.42 Å². The van der Waals surface area contributed by atoms with Crippen molar-refractivity contribution in [2.75, 3.05) is 57.2 Å². The molecule has 23 heavy (non-hydrogen) atoms. The normalized spacial score (nSPS) is 18.1. The van der Waals surface area contributed by atoms with Gasteiger partial charge in [0.05, 0.1) is 7.11 Å². The molecule has 1 aliphatic rings. The number of aliphatic imine (C=N–C) groups is 1. The van der Waals surface area contributed by atoms with Crippen molar-refractivity contribution in [1.82, 2.24) is 10.6 Å². The Morgan fingerprint density at radius 1 is 1.43 bits per heavy atom. The zero-order valence-electron chi connectivity index (χ0n) is 14.3. The number of anilines is 1. The molecule has 0 bridgehead atoms. The number of ether oxygens (including phenoxy) is 1. The minimum Gasteiger partial charge on any atom is -0.497 e. The first-order chi connectivity index (χ1) is 11.3. The highest BCUT2D eigenvalue weighted by Crippen LogP contribution is 2.26. The highest BCUT2D eigenvalue weighted by Gasteiger charge is 2.23. The Morgan fingerprint density at radius 2 is 2.30 bits per heavy atom. The van der Waals surface area contributed by atoms with E-state index >= 15 is 0 Å². The highest BCUT2D eigenvalue weighted by atomic mass is 32.2. The first-order valence-corrected chi connectivity index (χ1v) is 9.48. The molecule has 0 saturated carbocycles. The quantitative estimate of drug-likeness (QED) is 0.453. The summed E-state index contributed by atoms with van der Waals surface area (Å²) in [4.78, 5) is 6.71. The molecule has 0 aromatic heterocycles. The fraction of sp³-hybridized carbons (Fsp3) is 0.588. The number of guanidine groups is 1. The molecule has 1 atom stereocenters. The van der Waals surface area contributed by atoms with Crippen molar-refractivity contribution in [3.63, 3.8) is 0 Å². The van der Waals surface area contributed by atoms with Crippen molar-refractivity contribution in [3.8, 4) is 5.75 Å². The fourth-order valence-electron chi connectivity index (χ4n) is 2.77. The Bertz CT molecular complexity index is 509. The van der Waals surface area contributed by atoms with Crippen molar-refractivity contribution in [2.24, 2.45) is 10.9 Å². The summed E-state index contributed by atoms with van der Waals surface area (Å²) in [5.74, 6) is 3.55. The van der Waals surface area contributed by atoms with Crippen LogP contribution in [0, 0.1) is 5.92 Å². The predicted molar refractivity (Wildman–Crippen MR) is 101 cm³/mol. The van der Waals surface area contributed by atoms with Gasteiger partial charge in [0.15, 0.2) is 5.96 Å². The van der Waals surface area contributed by atoms with Gasteiger partial charge >= 0.3 is 0 Å². The van der Waals surface area contributed by atoms with E-state index in [0.29, 0.717) is 5.92 Å². The van der Waals surface area contributed by atoms with Crippen LogP contribution in [-0.4, -0.2) is 58.3 Å². The molecule has 0 radical (unpaired) electrons. The number of hydrogen-bond acceptors (Lipinski definition) is 4. The monoisotopic (exact) mass is 336 g/mol. The van der Waals surface area contributed by atoms with E-state index in [1.807, 2.05) is 24.9 Å². The van der Waals surface area contributed by atoms with Crippen molar-refractivity contribution >= 4 is 23.4 Å². The van der Waals surface area contributed by atoms with Crippen LogP contribution < -0.4 is 20.3 Å². The third kappa shape index (κ3) is 5.53. The maximum absolute atomic E-state index is 5.32. The van der Waals surface area contributed by atoms with Gasteiger partial charge in [0, 0.05) is 50.7 Å². The van der Waals surface area contributed by atoms with Crippen molar-refractivity contribution in [1.29, 1.82) is 0 Å². The number of nitrogens with one attached hydrogen (secondary N) is 2. The Balaban J connectivity index is 1.78. The number of benzene rings is 1. The summed E-state index contributed by atoms with van der Waals surface area (Å²) in [5, 5.41) is 6.78. The molecule has 0 amide bonds. The Morgan fingerprint density at radius 3 is 3.04 bits per heavy atom. The summed E-state index contributed by atoms with van der Waals surface area (Å²) in [6, 6.07) is 8.31. The van der Waals surface area contributed by atoms with Crippen molar-refractivity contribution in [2.45, 2.75) is 6.42 Å². The van der Waals surface area contributed by atoms with Crippen LogP contribution >= 0.6 is 11.8 Å². The number of hydrogen-bond donors (Lipinski definition) is 2. The van der Waals surface area contributed by atoms with E-state index in [9.17, 15) is 0 Å². The molecule has 2 N–H and O–H groups in total. The lowest BCUT2D eigenvalue weighted by Crippen LogP contribution is -2.41. The lowest BCUT2D eigenvalue weighted by Gasteiger charge is -2.20. The molecule has 1 aromatic carbocycles. The summed E-state index contributed by atoms with van der Waals surface area (Å²) in [5.41, 5.74) is 1.24. The van der Waals surface area contributed by atoms with Crippen molar-refractivity contribution in [3.05, 3.63) is 24.3 Å². The van der Waals surface area contributed by atoms with Gasteiger partial charge in [0.1, 0.15) is 5.75 Å². The smallest absolute Gasteiger partial charge is 0.191 e. The van der Waals surface area contributed by atoms with E-state index in [1.165, 1.54) is 12.1 Å². The van der Waals surface area contributed by atoms with Gasteiger partial charge in [0.25, 0.3) is 0 Å². The van der Waals surface area contributed by atoms with E-state index < -0.39 is 0 Å². The summed E-state index contributed by atoms with van der Waals surface area (Å²) >= 11 is 1.84. The minimum absolute atomic E-state index is 0.639. The van der Waals surface area contributed by atoms with Gasteiger partial charge in [-0.25, -0.2) is 0 Å². The van der Waals surface area contributed by atoms with Gasteiger partial charge in [0.2, 0.25) is 0 Å². The van der Waals surface area contributed by atoms with Crippen LogP contribution in [-0.2, 0) is 0 Å². The lowest BCUT2D eigenvalue weighted by atomic mass is 10.1. The summed E-state index contributed by atoms with van der Waals surface area (Å²) in [6.07, 6.45) is 3.32. The first-order valence-electron chi connectivity index (χ1n) is 8.09. The molecule has 6 heteroatoms. The Hall–Kier alpha value is -1.56. The molecule has 1 unspecified atom stereocenters. The van der Waals surface area contributed by atoms with Gasteiger partial charge in [-0.1, -0.05) is 6.07 Å². The molecule has 2 rings (SSSR count). The third-order valence-corrected chi connectivity index (χ3v) is 4.70. The molecule has 128 valence electrons. The van der Waals surface area contributed by atoms with Gasteiger partial charge < -0.3 is 20.3 Å². The Kier molecular flexibility index (Phi) is 7.39. The van der Waals surface area contributed by atoms with Crippen LogP contribution in [0.3, 0.4) is 0 Å². The van der Waals surface area contributed by atoms with E-state index in [2.05, 4.69) is 45.0 Å². The van der Waals surface area contributed by atoms with Crippen LogP contribution in [0.15, 0.2) is 29.3 Å².